The molecule has 2 nitrogen and oxygen atoms in total. The molecule has 1 unspecified atom stereocenters. The van der Waals surface area contributed by atoms with Crippen LogP contribution in [0, 0.1) is 11.7 Å². The van der Waals surface area contributed by atoms with Crippen LogP contribution in [0.4, 0.5) is 4.39 Å². The Morgan fingerprint density at radius 3 is 2.48 bits per heavy atom. The maximum absolute atomic E-state index is 12.9. The minimum absolute atomic E-state index is 0.206. The number of nitrogens with zero attached hydrogens (tertiary/aromatic N) is 1. The lowest BCUT2D eigenvalue weighted by Gasteiger charge is -2.42. The zero-order chi connectivity index (χ0) is 16.1. The van der Waals surface area contributed by atoms with Crippen molar-refractivity contribution in [3.8, 4) is 5.75 Å². The van der Waals surface area contributed by atoms with Crippen LogP contribution in [0.2, 0.25) is 0 Å². The monoisotopic (exact) mass is 319 g/mol. The van der Waals surface area contributed by atoms with Crippen LogP contribution >= 0.6 is 0 Å². The molecule has 1 aliphatic heterocycles. The van der Waals surface area contributed by atoms with Crippen molar-refractivity contribution in [2.24, 2.45) is 5.92 Å². The normalized spacial score (nSPS) is 29.4. The van der Waals surface area contributed by atoms with Crippen LogP contribution in [0.3, 0.4) is 0 Å². The highest BCUT2D eigenvalue weighted by Gasteiger charge is 2.29. The molecule has 0 radical (unpaired) electrons. The van der Waals surface area contributed by atoms with Crippen LogP contribution in [0.1, 0.15) is 58.3 Å². The average molecular weight is 319 g/mol. The Bertz CT molecular complexity index is 467. The number of likely N-dealkylation sites (tertiary alicyclic amines) is 1. The predicted molar refractivity (Wildman–Crippen MR) is 92.3 cm³/mol. The largest absolute Gasteiger partial charge is 0.494 e. The molecule has 0 spiro atoms. The van der Waals surface area contributed by atoms with E-state index >= 15 is 0 Å². The summed E-state index contributed by atoms with van der Waals surface area (Å²) in [5.41, 5.74) is 0. The molecule has 0 bridgehead atoms. The molecular formula is C20H30FNO. The van der Waals surface area contributed by atoms with E-state index in [2.05, 4.69) is 11.8 Å². The fourth-order valence-corrected chi connectivity index (χ4v) is 4.30. The Balaban J connectivity index is 1.36. The highest BCUT2D eigenvalue weighted by molar-refractivity contribution is 5.21. The standard InChI is InChI=1S/C20H30FNO/c1-16-4-2-3-14-22(16)19-9-5-17(6-10-19)13-15-23-20-11-7-18(21)8-12-20/h7-8,11-12,16-17,19H,2-6,9-10,13-15H2,1H3. The van der Waals surface area contributed by atoms with Crippen LogP contribution < -0.4 is 4.74 Å². The topological polar surface area (TPSA) is 12.5 Å². The minimum Gasteiger partial charge on any atom is -0.494 e. The molecule has 0 aromatic heterocycles. The molecule has 1 aromatic carbocycles. The molecule has 0 amide bonds. The van der Waals surface area contributed by atoms with Gasteiger partial charge in [-0.1, -0.05) is 6.42 Å². The van der Waals surface area contributed by atoms with E-state index in [4.69, 9.17) is 4.74 Å². The molecule has 23 heavy (non-hydrogen) atoms. The summed E-state index contributed by atoms with van der Waals surface area (Å²) in [6, 6.07) is 7.95. The van der Waals surface area contributed by atoms with E-state index in [1.165, 1.54) is 63.6 Å². The fraction of sp³-hybridized carbons (Fsp3) is 0.700. The number of rotatable bonds is 5. The van der Waals surface area contributed by atoms with Crippen molar-refractivity contribution < 1.29 is 9.13 Å². The van der Waals surface area contributed by atoms with Crippen LogP contribution in [0.5, 0.6) is 5.75 Å². The predicted octanol–water partition coefficient (Wildman–Crippen LogP) is 5.03. The van der Waals surface area contributed by atoms with Crippen LogP contribution in [-0.4, -0.2) is 30.1 Å². The van der Waals surface area contributed by atoms with Crippen molar-refractivity contribution in [2.45, 2.75) is 70.4 Å². The summed E-state index contributed by atoms with van der Waals surface area (Å²) in [5, 5.41) is 0. The fourth-order valence-electron chi connectivity index (χ4n) is 4.30. The van der Waals surface area contributed by atoms with Crippen molar-refractivity contribution in [1.82, 2.24) is 4.90 Å². The number of halogens is 1. The quantitative estimate of drug-likeness (QED) is 0.755. The van der Waals surface area contributed by atoms with Gasteiger partial charge in [0.15, 0.2) is 0 Å². The first kappa shape index (κ1) is 16.8. The lowest BCUT2D eigenvalue weighted by molar-refractivity contribution is 0.0680. The molecular weight excluding hydrogens is 289 g/mol. The number of benzene rings is 1. The summed E-state index contributed by atoms with van der Waals surface area (Å²) >= 11 is 0. The molecule has 1 aliphatic carbocycles. The second-order valence-corrected chi connectivity index (χ2v) is 7.35. The van der Waals surface area contributed by atoms with Gasteiger partial charge in [-0.3, -0.25) is 4.90 Å². The van der Waals surface area contributed by atoms with Crippen molar-refractivity contribution in [3.05, 3.63) is 30.1 Å². The third kappa shape index (κ3) is 4.69. The molecule has 2 aliphatic rings. The molecule has 3 heteroatoms. The zero-order valence-corrected chi connectivity index (χ0v) is 14.3. The summed E-state index contributed by atoms with van der Waals surface area (Å²) < 4.78 is 18.6. The lowest BCUT2D eigenvalue weighted by atomic mass is 9.82. The average Bonchev–Trinajstić information content (AvgIpc) is 2.58. The molecule has 128 valence electrons. The van der Waals surface area contributed by atoms with Gasteiger partial charge < -0.3 is 4.74 Å². The van der Waals surface area contributed by atoms with Crippen molar-refractivity contribution in [1.29, 1.82) is 0 Å². The third-order valence-corrected chi connectivity index (χ3v) is 5.75. The smallest absolute Gasteiger partial charge is 0.123 e. The minimum atomic E-state index is -0.206. The third-order valence-electron chi connectivity index (χ3n) is 5.75. The van der Waals surface area contributed by atoms with Crippen LogP contribution in [0.25, 0.3) is 0 Å². The second kappa shape index (κ2) is 8.14. The van der Waals surface area contributed by atoms with E-state index in [9.17, 15) is 4.39 Å². The van der Waals surface area contributed by atoms with Crippen molar-refractivity contribution in [2.75, 3.05) is 13.2 Å². The molecule has 3 rings (SSSR count). The number of hydrogen-bond donors (Lipinski definition) is 0. The Hall–Kier alpha value is -1.09. The maximum Gasteiger partial charge on any atom is 0.123 e. The SMILES string of the molecule is CC1CCCCN1C1CCC(CCOc2ccc(F)cc2)CC1. The highest BCUT2D eigenvalue weighted by atomic mass is 19.1. The molecule has 1 atom stereocenters. The first-order valence-corrected chi connectivity index (χ1v) is 9.36. The van der Waals surface area contributed by atoms with Gasteiger partial charge in [-0.05, 0) is 88.6 Å². The van der Waals surface area contributed by atoms with Gasteiger partial charge >= 0.3 is 0 Å². The number of piperidine rings is 1. The molecule has 1 aromatic rings. The molecule has 1 heterocycles. The Kier molecular flexibility index (Phi) is 5.93. The van der Waals surface area contributed by atoms with Crippen LogP contribution in [0.15, 0.2) is 24.3 Å². The Morgan fingerprint density at radius 1 is 1.04 bits per heavy atom. The first-order valence-electron chi connectivity index (χ1n) is 9.36. The van der Waals surface area contributed by atoms with E-state index in [0.29, 0.717) is 0 Å². The molecule has 1 saturated carbocycles. The van der Waals surface area contributed by atoms with Gasteiger partial charge in [-0.25, -0.2) is 4.39 Å². The summed E-state index contributed by atoms with van der Waals surface area (Å²) in [6.45, 7) is 4.47. The van der Waals surface area contributed by atoms with Gasteiger partial charge in [-0.15, -0.1) is 0 Å². The van der Waals surface area contributed by atoms with E-state index < -0.39 is 0 Å². The van der Waals surface area contributed by atoms with Gasteiger partial charge in [0, 0.05) is 12.1 Å². The summed E-state index contributed by atoms with van der Waals surface area (Å²) in [5.74, 6) is 1.37. The summed E-state index contributed by atoms with van der Waals surface area (Å²) in [7, 11) is 0. The van der Waals surface area contributed by atoms with Gasteiger partial charge in [0.05, 0.1) is 6.61 Å². The van der Waals surface area contributed by atoms with E-state index in [0.717, 1.165) is 36.8 Å². The Morgan fingerprint density at radius 2 is 1.78 bits per heavy atom. The second-order valence-electron chi connectivity index (χ2n) is 7.35. The summed E-state index contributed by atoms with van der Waals surface area (Å²) in [4.78, 5) is 2.77. The molecule has 2 fully saturated rings. The highest BCUT2D eigenvalue weighted by Crippen LogP contribution is 2.32. The van der Waals surface area contributed by atoms with Crippen molar-refractivity contribution in [3.63, 3.8) is 0 Å². The van der Waals surface area contributed by atoms with E-state index in [1.807, 2.05) is 0 Å². The molecule has 0 N–H and O–H groups in total. The van der Waals surface area contributed by atoms with E-state index in [1.54, 1.807) is 12.1 Å². The van der Waals surface area contributed by atoms with Gasteiger partial charge in [0.2, 0.25) is 0 Å². The Labute approximate surface area is 140 Å². The number of hydrogen-bond acceptors (Lipinski definition) is 2. The zero-order valence-electron chi connectivity index (χ0n) is 14.3. The first-order chi connectivity index (χ1) is 11.2. The van der Waals surface area contributed by atoms with Gasteiger partial charge in [0.25, 0.3) is 0 Å². The van der Waals surface area contributed by atoms with E-state index in [-0.39, 0.29) is 5.82 Å². The van der Waals surface area contributed by atoms with Crippen LogP contribution in [-0.2, 0) is 0 Å². The van der Waals surface area contributed by atoms with Gasteiger partial charge in [-0.2, -0.15) is 0 Å². The lowest BCUT2D eigenvalue weighted by Crippen LogP contribution is -2.46. The van der Waals surface area contributed by atoms with Gasteiger partial charge in [0.1, 0.15) is 11.6 Å². The molecule has 1 saturated heterocycles. The van der Waals surface area contributed by atoms with Crippen molar-refractivity contribution >= 4 is 0 Å². The summed E-state index contributed by atoms with van der Waals surface area (Å²) in [6.07, 6.45) is 10.7. The number of ether oxygens (including phenoxy) is 1. The maximum atomic E-state index is 12.9.